The van der Waals surface area contributed by atoms with Gasteiger partial charge in [-0.15, -0.1) is 0 Å². The first-order valence-electron chi connectivity index (χ1n) is 14.4. The number of amides is 1. The van der Waals surface area contributed by atoms with Crippen molar-refractivity contribution in [2.75, 3.05) is 60.8 Å². The summed E-state index contributed by atoms with van der Waals surface area (Å²) in [5, 5.41) is 0. The Hall–Kier alpha value is -4.62. The molecule has 238 valence electrons. The Morgan fingerprint density at radius 1 is 1.04 bits per heavy atom. The molecule has 1 aromatic heterocycles. The van der Waals surface area contributed by atoms with Crippen molar-refractivity contribution in [3.63, 3.8) is 0 Å². The zero-order valence-corrected chi connectivity index (χ0v) is 26.6. The SMILES string of the molecule is CCOC(=O)C1=C(C)N=c2s/c(=C/c3ccc(OCC(=O)N4CCOCC4)cc3)c(=O)n2[C@H]1c1cc(OC)c(OC)c(OC)c1. The quantitative estimate of drug-likeness (QED) is 0.307. The monoisotopic (exact) mass is 637 g/mol. The van der Waals surface area contributed by atoms with E-state index in [1.807, 2.05) is 0 Å². The van der Waals surface area contributed by atoms with Crippen molar-refractivity contribution in [3.8, 4) is 23.0 Å². The van der Waals surface area contributed by atoms with E-state index in [0.717, 1.165) is 5.56 Å². The number of fused-ring (bicyclic) bond motifs is 1. The van der Waals surface area contributed by atoms with Gasteiger partial charge in [0.2, 0.25) is 5.75 Å². The molecule has 3 aromatic rings. The van der Waals surface area contributed by atoms with Crippen molar-refractivity contribution in [1.29, 1.82) is 0 Å². The highest BCUT2D eigenvalue weighted by molar-refractivity contribution is 7.07. The molecule has 0 N–H and O–H groups in total. The van der Waals surface area contributed by atoms with Crippen LogP contribution in [0.3, 0.4) is 0 Å². The summed E-state index contributed by atoms with van der Waals surface area (Å²) in [4.78, 5) is 46.5. The second-order valence-electron chi connectivity index (χ2n) is 10.1. The van der Waals surface area contributed by atoms with Crippen LogP contribution in [0.25, 0.3) is 6.08 Å². The fraction of sp³-hybridized carbons (Fsp3) is 0.375. The van der Waals surface area contributed by atoms with Crippen LogP contribution in [-0.2, 0) is 19.1 Å². The van der Waals surface area contributed by atoms with Crippen molar-refractivity contribution in [2.45, 2.75) is 19.9 Å². The van der Waals surface area contributed by atoms with Gasteiger partial charge >= 0.3 is 5.97 Å². The van der Waals surface area contributed by atoms with Gasteiger partial charge in [-0.1, -0.05) is 23.5 Å². The number of esters is 1. The molecule has 1 saturated heterocycles. The van der Waals surface area contributed by atoms with Crippen LogP contribution in [-0.4, -0.2) is 82.2 Å². The van der Waals surface area contributed by atoms with Gasteiger partial charge in [-0.05, 0) is 55.3 Å². The van der Waals surface area contributed by atoms with E-state index in [0.29, 0.717) is 69.9 Å². The topological polar surface area (TPSA) is 127 Å². The minimum atomic E-state index is -0.865. The molecule has 1 fully saturated rings. The van der Waals surface area contributed by atoms with E-state index in [1.165, 1.54) is 37.2 Å². The van der Waals surface area contributed by atoms with E-state index < -0.39 is 12.0 Å². The van der Waals surface area contributed by atoms with Gasteiger partial charge in [0.05, 0.1) is 63.0 Å². The Morgan fingerprint density at radius 2 is 1.71 bits per heavy atom. The zero-order chi connectivity index (χ0) is 32.1. The molecule has 3 heterocycles. The zero-order valence-electron chi connectivity index (χ0n) is 25.8. The van der Waals surface area contributed by atoms with Gasteiger partial charge in [0.1, 0.15) is 5.75 Å². The number of nitrogens with zero attached hydrogens (tertiary/aromatic N) is 3. The summed E-state index contributed by atoms with van der Waals surface area (Å²) in [6, 6.07) is 9.66. The van der Waals surface area contributed by atoms with E-state index in [1.54, 1.807) is 61.2 Å². The first-order valence-corrected chi connectivity index (χ1v) is 15.2. The second-order valence-corrected chi connectivity index (χ2v) is 11.1. The highest BCUT2D eigenvalue weighted by Gasteiger charge is 2.34. The van der Waals surface area contributed by atoms with E-state index in [9.17, 15) is 14.4 Å². The smallest absolute Gasteiger partial charge is 0.338 e. The molecule has 45 heavy (non-hydrogen) atoms. The Labute approximate surface area is 263 Å². The minimum absolute atomic E-state index is 0.0684. The van der Waals surface area contributed by atoms with Crippen LogP contribution in [0.4, 0.5) is 0 Å². The predicted molar refractivity (Wildman–Crippen MR) is 166 cm³/mol. The number of carbonyl (C=O) groups excluding carboxylic acids is 2. The number of benzene rings is 2. The van der Waals surface area contributed by atoms with E-state index >= 15 is 0 Å². The van der Waals surface area contributed by atoms with Crippen molar-refractivity contribution in [1.82, 2.24) is 9.47 Å². The Kier molecular flexibility index (Phi) is 9.89. The van der Waals surface area contributed by atoms with E-state index in [4.69, 9.17) is 28.4 Å². The minimum Gasteiger partial charge on any atom is -0.493 e. The average Bonchev–Trinajstić information content (AvgIpc) is 3.36. The van der Waals surface area contributed by atoms with Crippen molar-refractivity contribution >= 4 is 29.3 Å². The molecule has 1 atom stereocenters. The number of rotatable bonds is 10. The predicted octanol–water partition coefficient (Wildman–Crippen LogP) is 2.06. The number of ether oxygens (including phenoxy) is 6. The Bertz CT molecular complexity index is 1760. The van der Waals surface area contributed by atoms with Gasteiger partial charge < -0.3 is 33.3 Å². The maximum absolute atomic E-state index is 14.0. The average molecular weight is 638 g/mol. The first-order chi connectivity index (χ1) is 21.8. The molecule has 13 heteroatoms. The lowest BCUT2D eigenvalue weighted by Gasteiger charge is -2.26. The molecular weight excluding hydrogens is 602 g/mol. The first kappa shape index (κ1) is 31.8. The van der Waals surface area contributed by atoms with Crippen LogP contribution in [0.1, 0.15) is 31.0 Å². The van der Waals surface area contributed by atoms with Crippen LogP contribution in [0.2, 0.25) is 0 Å². The molecule has 2 aromatic carbocycles. The van der Waals surface area contributed by atoms with Gasteiger partial charge in [0.25, 0.3) is 11.5 Å². The Balaban J connectivity index is 1.51. The van der Waals surface area contributed by atoms with Gasteiger partial charge in [-0.2, -0.15) is 0 Å². The third kappa shape index (κ3) is 6.59. The highest BCUT2D eigenvalue weighted by atomic mass is 32.1. The van der Waals surface area contributed by atoms with E-state index in [-0.39, 0.29) is 30.3 Å². The lowest BCUT2D eigenvalue weighted by molar-refractivity contribution is -0.139. The molecule has 0 unspecified atom stereocenters. The molecule has 0 saturated carbocycles. The summed E-state index contributed by atoms with van der Waals surface area (Å²) in [6.45, 7) is 5.69. The molecular formula is C32H35N3O9S. The lowest BCUT2D eigenvalue weighted by Crippen LogP contribution is -2.42. The van der Waals surface area contributed by atoms with Gasteiger partial charge in [0.15, 0.2) is 22.9 Å². The van der Waals surface area contributed by atoms with Gasteiger partial charge in [-0.25, -0.2) is 9.79 Å². The molecule has 0 aliphatic carbocycles. The molecule has 2 aliphatic rings. The normalized spacial score (nSPS) is 16.5. The lowest BCUT2D eigenvalue weighted by atomic mass is 9.95. The van der Waals surface area contributed by atoms with Crippen LogP contribution >= 0.6 is 11.3 Å². The number of methoxy groups -OCH3 is 3. The fourth-order valence-corrected chi connectivity index (χ4v) is 6.27. The van der Waals surface area contributed by atoms with Crippen LogP contribution in [0.15, 0.2) is 57.5 Å². The second kappa shape index (κ2) is 14.0. The van der Waals surface area contributed by atoms with Crippen molar-refractivity contribution < 1.29 is 38.0 Å². The van der Waals surface area contributed by atoms with Gasteiger partial charge in [0, 0.05) is 13.1 Å². The van der Waals surface area contributed by atoms with Crippen LogP contribution in [0.5, 0.6) is 23.0 Å². The molecule has 0 bridgehead atoms. The maximum Gasteiger partial charge on any atom is 0.338 e. The summed E-state index contributed by atoms with van der Waals surface area (Å²) in [5.41, 5.74) is 1.65. The van der Waals surface area contributed by atoms with Crippen LogP contribution in [0, 0.1) is 0 Å². The summed E-state index contributed by atoms with van der Waals surface area (Å²) >= 11 is 1.21. The maximum atomic E-state index is 14.0. The number of hydrogen-bond donors (Lipinski definition) is 0. The molecule has 1 amide bonds. The Morgan fingerprint density at radius 3 is 2.31 bits per heavy atom. The molecule has 5 rings (SSSR count). The van der Waals surface area contributed by atoms with E-state index in [2.05, 4.69) is 4.99 Å². The summed E-state index contributed by atoms with van der Waals surface area (Å²) in [6.07, 6.45) is 1.75. The summed E-state index contributed by atoms with van der Waals surface area (Å²) in [7, 11) is 4.50. The highest BCUT2D eigenvalue weighted by Crippen LogP contribution is 2.42. The van der Waals surface area contributed by atoms with Crippen LogP contribution < -0.4 is 33.8 Å². The molecule has 0 spiro atoms. The number of allylic oxidation sites excluding steroid dienone is 1. The fourth-order valence-electron chi connectivity index (χ4n) is 5.23. The summed E-state index contributed by atoms with van der Waals surface area (Å²) < 4.78 is 34.9. The van der Waals surface area contributed by atoms with Gasteiger partial charge in [-0.3, -0.25) is 14.2 Å². The summed E-state index contributed by atoms with van der Waals surface area (Å²) in [5.74, 6) is 0.999. The number of aromatic nitrogens is 1. The van der Waals surface area contributed by atoms with Crippen molar-refractivity contribution in [2.24, 2.45) is 4.99 Å². The molecule has 0 radical (unpaired) electrons. The third-order valence-corrected chi connectivity index (χ3v) is 8.41. The van der Waals surface area contributed by atoms with Crippen molar-refractivity contribution in [3.05, 3.63) is 78.5 Å². The number of thiazole rings is 1. The standard InChI is InChI=1S/C32H35N3O9S/c1-6-43-31(38)27-19(2)33-32-35(28(27)21-16-23(39-3)29(41-5)24(17-21)40-4)30(37)25(45-32)15-20-7-9-22(10-8-20)44-18-26(36)34-11-13-42-14-12-34/h7-10,15-17,28H,6,11-14,18H2,1-5H3/b25-15+/t28-/m0/s1. The third-order valence-electron chi connectivity index (χ3n) is 7.42. The number of carbonyl (C=O) groups is 2. The molecule has 2 aliphatic heterocycles. The molecule has 12 nitrogen and oxygen atoms in total. The largest absolute Gasteiger partial charge is 0.493 e. The number of hydrogen-bond acceptors (Lipinski definition) is 11. The number of morpholine rings is 1.